The minimum atomic E-state index is -0.378. The predicted molar refractivity (Wildman–Crippen MR) is 63.7 cm³/mol. The zero-order valence-electron chi connectivity index (χ0n) is 9.04. The van der Waals surface area contributed by atoms with E-state index >= 15 is 0 Å². The Balaban J connectivity index is 2.08. The molecule has 88 valence electrons. The second-order valence-electron chi connectivity index (χ2n) is 3.14. The summed E-state index contributed by atoms with van der Waals surface area (Å²) in [5.41, 5.74) is 5.56. The predicted octanol–water partition coefficient (Wildman–Crippen LogP) is 0.725. The Labute approximate surface area is 101 Å². The molecule has 0 aromatic carbocycles. The third kappa shape index (κ3) is 2.72. The van der Waals surface area contributed by atoms with E-state index in [-0.39, 0.29) is 17.4 Å². The fourth-order valence-corrected chi connectivity index (χ4v) is 1.74. The summed E-state index contributed by atoms with van der Waals surface area (Å²) in [6.45, 7) is 1.97. The van der Waals surface area contributed by atoms with Crippen molar-refractivity contribution in [2.75, 3.05) is 11.1 Å². The lowest BCUT2D eigenvalue weighted by molar-refractivity contribution is 0.102. The van der Waals surface area contributed by atoms with Crippen LogP contribution in [0.25, 0.3) is 0 Å². The van der Waals surface area contributed by atoms with Crippen molar-refractivity contribution in [2.24, 2.45) is 0 Å². The Hall–Kier alpha value is -2.09. The molecule has 0 unspecified atom stereocenters. The van der Waals surface area contributed by atoms with Crippen LogP contribution in [0.2, 0.25) is 0 Å². The number of nitrogens with zero attached hydrogens (tertiary/aromatic N) is 4. The Morgan fingerprint density at radius 3 is 2.82 bits per heavy atom. The zero-order chi connectivity index (χ0) is 12.3. The zero-order valence-corrected chi connectivity index (χ0v) is 9.86. The van der Waals surface area contributed by atoms with Crippen molar-refractivity contribution in [1.29, 1.82) is 0 Å². The lowest BCUT2D eigenvalue weighted by Crippen LogP contribution is -2.14. The summed E-state index contributed by atoms with van der Waals surface area (Å²) >= 11 is 1.33. The Morgan fingerprint density at radius 1 is 1.41 bits per heavy atom. The van der Waals surface area contributed by atoms with Crippen LogP contribution in [0.1, 0.15) is 22.4 Å². The first-order valence-corrected chi connectivity index (χ1v) is 5.72. The highest BCUT2D eigenvalue weighted by atomic mass is 32.1. The molecular formula is C9H10N6OS. The summed E-state index contributed by atoms with van der Waals surface area (Å²) in [6.07, 6.45) is 3.42. The standard InChI is InChI=1S/C9H10N6OS/c1-2-7-14-15-9(17-7)13-8(16)5-3-12-6(10)4-11-5/h3-4H,2H2,1H3,(H2,10,12)(H,13,15,16). The molecule has 0 atom stereocenters. The number of aromatic nitrogens is 4. The fourth-order valence-electron chi connectivity index (χ4n) is 1.06. The number of rotatable bonds is 3. The van der Waals surface area contributed by atoms with E-state index in [1.54, 1.807) is 0 Å². The minimum absolute atomic E-state index is 0.187. The van der Waals surface area contributed by atoms with E-state index in [1.165, 1.54) is 23.7 Å². The van der Waals surface area contributed by atoms with E-state index < -0.39 is 0 Å². The van der Waals surface area contributed by atoms with Gasteiger partial charge in [-0.1, -0.05) is 18.3 Å². The fraction of sp³-hybridized carbons (Fsp3) is 0.222. The van der Waals surface area contributed by atoms with Crippen molar-refractivity contribution < 1.29 is 4.79 Å². The van der Waals surface area contributed by atoms with Gasteiger partial charge in [0.2, 0.25) is 5.13 Å². The molecule has 17 heavy (non-hydrogen) atoms. The van der Waals surface area contributed by atoms with E-state index in [0.717, 1.165) is 11.4 Å². The molecule has 2 heterocycles. The van der Waals surface area contributed by atoms with Gasteiger partial charge in [-0.05, 0) is 6.42 Å². The second-order valence-corrected chi connectivity index (χ2v) is 4.20. The Morgan fingerprint density at radius 2 is 2.24 bits per heavy atom. The topological polar surface area (TPSA) is 107 Å². The number of nitrogens with two attached hydrogens (primary N) is 1. The molecule has 0 radical (unpaired) electrons. The van der Waals surface area contributed by atoms with Crippen molar-refractivity contribution in [3.63, 3.8) is 0 Å². The molecule has 0 saturated heterocycles. The molecule has 0 spiro atoms. The maximum absolute atomic E-state index is 11.7. The van der Waals surface area contributed by atoms with E-state index in [4.69, 9.17) is 5.73 Å². The van der Waals surface area contributed by atoms with Gasteiger partial charge in [-0.2, -0.15) is 0 Å². The van der Waals surface area contributed by atoms with Crippen molar-refractivity contribution in [2.45, 2.75) is 13.3 Å². The smallest absolute Gasteiger partial charge is 0.277 e. The summed E-state index contributed by atoms with van der Waals surface area (Å²) in [5, 5.41) is 11.6. The van der Waals surface area contributed by atoms with E-state index in [0.29, 0.717) is 5.13 Å². The van der Waals surface area contributed by atoms with Crippen LogP contribution in [0.4, 0.5) is 10.9 Å². The van der Waals surface area contributed by atoms with Gasteiger partial charge < -0.3 is 5.73 Å². The molecule has 0 saturated carbocycles. The van der Waals surface area contributed by atoms with Crippen molar-refractivity contribution in [3.05, 3.63) is 23.1 Å². The van der Waals surface area contributed by atoms with Crippen LogP contribution in [-0.2, 0) is 6.42 Å². The van der Waals surface area contributed by atoms with Crippen LogP contribution in [-0.4, -0.2) is 26.1 Å². The molecule has 3 N–H and O–H groups in total. The molecule has 0 fully saturated rings. The van der Waals surface area contributed by atoms with Crippen LogP contribution >= 0.6 is 11.3 Å². The lowest BCUT2D eigenvalue weighted by Gasteiger charge is -1.99. The van der Waals surface area contributed by atoms with Crippen molar-refractivity contribution in [1.82, 2.24) is 20.2 Å². The highest BCUT2D eigenvalue weighted by molar-refractivity contribution is 7.15. The summed E-state index contributed by atoms with van der Waals surface area (Å²) in [5.74, 6) is -0.109. The molecule has 2 rings (SSSR count). The van der Waals surface area contributed by atoms with Crippen LogP contribution in [0.3, 0.4) is 0 Å². The first-order chi connectivity index (χ1) is 8.19. The molecule has 0 aliphatic carbocycles. The maximum Gasteiger partial charge on any atom is 0.277 e. The summed E-state index contributed by atoms with van der Waals surface area (Å²) < 4.78 is 0. The molecule has 8 heteroatoms. The SMILES string of the molecule is CCc1nnc(NC(=O)c2cnc(N)cn2)s1. The van der Waals surface area contributed by atoms with Gasteiger partial charge >= 0.3 is 0 Å². The van der Waals surface area contributed by atoms with Gasteiger partial charge in [0.05, 0.1) is 12.4 Å². The summed E-state index contributed by atoms with van der Waals surface area (Å²) in [6, 6.07) is 0. The number of carbonyl (C=O) groups excluding carboxylic acids is 1. The van der Waals surface area contributed by atoms with Gasteiger partial charge in [0, 0.05) is 0 Å². The number of nitrogens with one attached hydrogen (secondary N) is 1. The molecule has 7 nitrogen and oxygen atoms in total. The minimum Gasteiger partial charge on any atom is -0.382 e. The highest BCUT2D eigenvalue weighted by Gasteiger charge is 2.11. The number of aryl methyl sites for hydroxylation is 1. The molecule has 1 amide bonds. The van der Waals surface area contributed by atoms with Gasteiger partial charge in [-0.3, -0.25) is 10.1 Å². The van der Waals surface area contributed by atoms with Crippen molar-refractivity contribution in [3.8, 4) is 0 Å². The van der Waals surface area contributed by atoms with E-state index in [2.05, 4.69) is 25.5 Å². The van der Waals surface area contributed by atoms with E-state index in [9.17, 15) is 4.79 Å². The van der Waals surface area contributed by atoms with Gasteiger partial charge in [0.25, 0.3) is 5.91 Å². The van der Waals surface area contributed by atoms with Gasteiger partial charge in [-0.25, -0.2) is 9.97 Å². The van der Waals surface area contributed by atoms with Gasteiger partial charge in [-0.15, -0.1) is 10.2 Å². The summed E-state index contributed by atoms with van der Waals surface area (Å²) in [4.78, 5) is 19.4. The van der Waals surface area contributed by atoms with Gasteiger partial charge in [0.1, 0.15) is 16.5 Å². The number of anilines is 2. The van der Waals surface area contributed by atoms with Crippen LogP contribution in [0.5, 0.6) is 0 Å². The number of carbonyl (C=O) groups is 1. The number of hydrogen-bond acceptors (Lipinski definition) is 7. The largest absolute Gasteiger partial charge is 0.382 e. The normalized spacial score (nSPS) is 10.2. The lowest BCUT2D eigenvalue weighted by atomic mass is 10.4. The van der Waals surface area contributed by atoms with Crippen LogP contribution < -0.4 is 11.1 Å². The first-order valence-electron chi connectivity index (χ1n) is 4.90. The average Bonchev–Trinajstić information content (AvgIpc) is 2.77. The first kappa shape index (κ1) is 11.4. The van der Waals surface area contributed by atoms with Crippen LogP contribution in [0, 0.1) is 0 Å². The number of amides is 1. The number of nitrogen functional groups attached to an aromatic ring is 1. The molecule has 0 bridgehead atoms. The molecule has 2 aromatic rings. The third-order valence-corrected chi connectivity index (χ3v) is 2.88. The Bertz CT molecular complexity index is 523. The van der Waals surface area contributed by atoms with Crippen LogP contribution in [0.15, 0.2) is 12.4 Å². The van der Waals surface area contributed by atoms with E-state index in [1.807, 2.05) is 6.92 Å². The molecule has 0 aliphatic heterocycles. The number of hydrogen-bond donors (Lipinski definition) is 2. The quantitative estimate of drug-likeness (QED) is 0.831. The van der Waals surface area contributed by atoms with Gasteiger partial charge in [0.15, 0.2) is 0 Å². The van der Waals surface area contributed by atoms with Crippen molar-refractivity contribution >= 4 is 28.2 Å². The molecular weight excluding hydrogens is 240 g/mol. The monoisotopic (exact) mass is 250 g/mol. The molecule has 2 aromatic heterocycles. The second kappa shape index (κ2) is 4.83. The maximum atomic E-state index is 11.7. The average molecular weight is 250 g/mol. The third-order valence-electron chi connectivity index (χ3n) is 1.89. The Kier molecular flexibility index (Phi) is 3.24. The summed E-state index contributed by atoms with van der Waals surface area (Å²) in [7, 11) is 0. The molecule has 0 aliphatic rings. The highest BCUT2D eigenvalue weighted by Crippen LogP contribution is 2.15.